The molecule has 0 aliphatic carbocycles. The van der Waals surface area contributed by atoms with E-state index in [0.717, 1.165) is 12.8 Å². The molecule has 0 radical (unpaired) electrons. The summed E-state index contributed by atoms with van der Waals surface area (Å²) < 4.78 is 5.24. The number of alkyl carbamates (subject to hydrolysis) is 1. The summed E-state index contributed by atoms with van der Waals surface area (Å²) in [6.45, 7) is 14.4. The Morgan fingerprint density at radius 1 is 1.12 bits per heavy atom. The van der Waals surface area contributed by atoms with E-state index < -0.39 is 29.2 Å². The van der Waals surface area contributed by atoms with Gasteiger partial charge in [0, 0.05) is 17.1 Å². The molecule has 0 saturated carbocycles. The van der Waals surface area contributed by atoms with Crippen LogP contribution in [0.2, 0.25) is 0 Å². The lowest BCUT2D eigenvalue weighted by molar-refractivity contribution is -0.146. The Balaban J connectivity index is 3.38. The van der Waals surface area contributed by atoms with Crippen molar-refractivity contribution in [2.75, 3.05) is 6.54 Å². The van der Waals surface area contributed by atoms with Crippen molar-refractivity contribution in [1.29, 1.82) is 0 Å². The molecule has 0 bridgehead atoms. The van der Waals surface area contributed by atoms with Gasteiger partial charge in [-0.25, -0.2) is 4.79 Å². The fourth-order valence-corrected chi connectivity index (χ4v) is 3.54. The summed E-state index contributed by atoms with van der Waals surface area (Å²) in [6, 6.07) is 6.05. The SMILES string of the molecule is C#Cc1ccccc1C(C(=O)NC(C)CCC)N(C(=O)CNC(=O)OC(C)(C)C)C(C)(C)C. The molecule has 0 aromatic heterocycles. The van der Waals surface area contributed by atoms with Gasteiger partial charge in [-0.05, 0) is 66.5 Å². The van der Waals surface area contributed by atoms with Gasteiger partial charge >= 0.3 is 6.09 Å². The first-order valence-corrected chi connectivity index (χ1v) is 11.4. The monoisotopic (exact) mass is 457 g/mol. The van der Waals surface area contributed by atoms with E-state index >= 15 is 0 Å². The van der Waals surface area contributed by atoms with Crippen LogP contribution in [-0.4, -0.2) is 46.5 Å². The lowest BCUT2D eigenvalue weighted by atomic mass is 9.93. The van der Waals surface area contributed by atoms with Crippen LogP contribution in [0.1, 0.15) is 85.4 Å². The molecule has 33 heavy (non-hydrogen) atoms. The molecule has 3 amide bonds. The van der Waals surface area contributed by atoms with Gasteiger partial charge in [-0.15, -0.1) is 6.42 Å². The molecule has 0 saturated heterocycles. The van der Waals surface area contributed by atoms with Crippen molar-refractivity contribution < 1.29 is 19.1 Å². The first-order chi connectivity index (χ1) is 15.2. The number of carbonyl (C=O) groups excluding carboxylic acids is 3. The van der Waals surface area contributed by atoms with E-state index in [0.29, 0.717) is 11.1 Å². The van der Waals surface area contributed by atoms with E-state index in [9.17, 15) is 14.4 Å². The van der Waals surface area contributed by atoms with Crippen LogP contribution in [0.25, 0.3) is 0 Å². The molecule has 1 aromatic carbocycles. The van der Waals surface area contributed by atoms with E-state index in [-0.39, 0.29) is 18.5 Å². The molecule has 1 rings (SSSR count). The number of carbonyl (C=O) groups is 3. The minimum absolute atomic E-state index is 0.0696. The van der Waals surface area contributed by atoms with Crippen LogP contribution < -0.4 is 10.6 Å². The minimum Gasteiger partial charge on any atom is -0.444 e. The molecular weight excluding hydrogens is 418 g/mol. The molecule has 0 aliphatic rings. The Hall–Kier alpha value is -3.01. The van der Waals surface area contributed by atoms with E-state index in [2.05, 4.69) is 16.6 Å². The highest BCUT2D eigenvalue weighted by Gasteiger charge is 2.39. The third-order valence-electron chi connectivity index (χ3n) is 4.80. The third-order valence-corrected chi connectivity index (χ3v) is 4.80. The molecule has 0 aliphatic heterocycles. The Morgan fingerprint density at radius 3 is 2.24 bits per heavy atom. The number of hydrogen-bond acceptors (Lipinski definition) is 4. The molecular formula is C26H39N3O4. The highest BCUT2D eigenvalue weighted by atomic mass is 16.6. The van der Waals surface area contributed by atoms with Crippen molar-refractivity contribution in [3.8, 4) is 12.3 Å². The number of benzene rings is 1. The maximum atomic E-state index is 13.5. The van der Waals surface area contributed by atoms with Crippen molar-refractivity contribution in [1.82, 2.24) is 15.5 Å². The van der Waals surface area contributed by atoms with Gasteiger partial charge in [0.15, 0.2) is 0 Å². The Morgan fingerprint density at radius 2 is 1.73 bits per heavy atom. The summed E-state index contributed by atoms with van der Waals surface area (Å²) in [6.07, 6.45) is 6.73. The third kappa shape index (κ3) is 8.80. The van der Waals surface area contributed by atoms with Crippen LogP contribution in [0, 0.1) is 12.3 Å². The second kappa shape index (κ2) is 11.7. The maximum Gasteiger partial charge on any atom is 0.408 e. The quantitative estimate of drug-likeness (QED) is 0.574. The standard InChI is InChI=1S/C26H39N3O4/c1-10-14-18(3)28-23(31)22(20-16-13-12-15-19(20)11-2)29(25(4,5)6)21(30)17-27-24(32)33-26(7,8)9/h2,12-13,15-16,18,22H,10,14,17H2,1,3-9H3,(H,27,32)(H,28,31). The number of nitrogens with one attached hydrogen (secondary N) is 2. The molecule has 7 heteroatoms. The number of amides is 3. The summed E-state index contributed by atoms with van der Waals surface area (Å²) in [5.74, 6) is 1.88. The summed E-state index contributed by atoms with van der Waals surface area (Å²) in [4.78, 5) is 40.5. The highest BCUT2D eigenvalue weighted by molar-refractivity contribution is 5.91. The average Bonchev–Trinajstić information content (AvgIpc) is 2.68. The fraction of sp³-hybridized carbons (Fsp3) is 0.577. The predicted octanol–water partition coefficient (Wildman–Crippen LogP) is 4.17. The zero-order chi connectivity index (χ0) is 25.4. The van der Waals surface area contributed by atoms with Crippen LogP contribution in [-0.2, 0) is 14.3 Å². The molecule has 182 valence electrons. The zero-order valence-electron chi connectivity index (χ0n) is 21.2. The van der Waals surface area contributed by atoms with Crippen LogP contribution >= 0.6 is 0 Å². The van der Waals surface area contributed by atoms with Crippen molar-refractivity contribution in [3.63, 3.8) is 0 Å². The average molecular weight is 458 g/mol. The lowest BCUT2D eigenvalue weighted by Gasteiger charge is -2.42. The molecule has 2 N–H and O–H groups in total. The van der Waals surface area contributed by atoms with E-state index in [1.54, 1.807) is 45.0 Å². The molecule has 1 aromatic rings. The lowest BCUT2D eigenvalue weighted by Crippen LogP contribution is -2.56. The van der Waals surface area contributed by atoms with Gasteiger partial charge in [-0.3, -0.25) is 9.59 Å². The first-order valence-electron chi connectivity index (χ1n) is 11.4. The van der Waals surface area contributed by atoms with Crippen molar-refractivity contribution in [2.45, 2.75) is 91.5 Å². The maximum absolute atomic E-state index is 13.5. The Kier molecular flexibility index (Phi) is 9.97. The first kappa shape index (κ1) is 28.0. The van der Waals surface area contributed by atoms with Gasteiger partial charge < -0.3 is 20.3 Å². The smallest absolute Gasteiger partial charge is 0.408 e. The van der Waals surface area contributed by atoms with E-state index in [1.807, 2.05) is 34.6 Å². The predicted molar refractivity (Wildman–Crippen MR) is 130 cm³/mol. The Bertz CT molecular complexity index is 875. The van der Waals surface area contributed by atoms with Gasteiger partial charge in [0.2, 0.25) is 11.8 Å². The summed E-state index contributed by atoms with van der Waals surface area (Å²) in [7, 11) is 0. The molecule has 0 heterocycles. The van der Waals surface area contributed by atoms with Crippen molar-refractivity contribution in [2.24, 2.45) is 0 Å². The zero-order valence-corrected chi connectivity index (χ0v) is 21.2. The normalized spacial score (nSPS) is 13.3. The molecule has 0 spiro atoms. The van der Waals surface area contributed by atoms with Crippen LogP contribution in [0.5, 0.6) is 0 Å². The van der Waals surface area contributed by atoms with Gasteiger partial charge in [-0.1, -0.05) is 37.5 Å². The number of terminal acetylenes is 1. The van der Waals surface area contributed by atoms with Crippen LogP contribution in [0.4, 0.5) is 4.79 Å². The fourth-order valence-electron chi connectivity index (χ4n) is 3.54. The van der Waals surface area contributed by atoms with Gasteiger partial charge in [-0.2, -0.15) is 0 Å². The second-order valence-corrected chi connectivity index (χ2v) is 10.1. The number of nitrogens with zero attached hydrogens (tertiary/aromatic N) is 1. The summed E-state index contributed by atoms with van der Waals surface area (Å²) in [5, 5.41) is 5.52. The second-order valence-electron chi connectivity index (χ2n) is 10.1. The number of ether oxygens (including phenoxy) is 1. The summed E-state index contributed by atoms with van der Waals surface area (Å²) >= 11 is 0. The largest absolute Gasteiger partial charge is 0.444 e. The Labute approximate surface area is 198 Å². The minimum atomic E-state index is -0.968. The van der Waals surface area contributed by atoms with Crippen molar-refractivity contribution in [3.05, 3.63) is 35.4 Å². The van der Waals surface area contributed by atoms with Gasteiger partial charge in [0.1, 0.15) is 18.2 Å². The van der Waals surface area contributed by atoms with Gasteiger partial charge in [0.25, 0.3) is 0 Å². The van der Waals surface area contributed by atoms with Gasteiger partial charge in [0.05, 0.1) is 0 Å². The van der Waals surface area contributed by atoms with E-state index in [1.165, 1.54) is 4.90 Å². The summed E-state index contributed by atoms with van der Waals surface area (Å²) in [5.41, 5.74) is -0.352. The highest BCUT2D eigenvalue weighted by Crippen LogP contribution is 2.31. The molecule has 2 unspecified atom stereocenters. The van der Waals surface area contributed by atoms with Crippen LogP contribution in [0.15, 0.2) is 24.3 Å². The molecule has 0 fully saturated rings. The number of rotatable bonds is 8. The molecule has 2 atom stereocenters. The van der Waals surface area contributed by atoms with Crippen LogP contribution in [0.3, 0.4) is 0 Å². The van der Waals surface area contributed by atoms with E-state index in [4.69, 9.17) is 11.2 Å². The topological polar surface area (TPSA) is 87.7 Å². The van der Waals surface area contributed by atoms with Crippen molar-refractivity contribution >= 4 is 17.9 Å². The number of hydrogen-bond donors (Lipinski definition) is 2. The molecule has 7 nitrogen and oxygen atoms in total.